The second kappa shape index (κ2) is 8.62. The molecule has 1 unspecified atom stereocenters. The first-order chi connectivity index (χ1) is 13.5. The molecule has 0 saturated carbocycles. The number of rotatable bonds is 6. The van der Waals surface area contributed by atoms with E-state index in [2.05, 4.69) is 20.8 Å². The molecule has 144 valence electrons. The topological polar surface area (TPSA) is 93.2 Å². The fourth-order valence-corrected chi connectivity index (χ4v) is 3.30. The predicted molar refractivity (Wildman–Crippen MR) is 109 cm³/mol. The van der Waals surface area contributed by atoms with Crippen LogP contribution in [0, 0.1) is 6.92 Å². The van der Waals surface area contributed by atoms with Crippen LogP contribution in [-0.4, -0.2) is 35.2 Å². The average molecular weight is 396 g/mol. The lowest BCUT2D eigenvalue weighted by molar-refractivity contribution is -0.117. The number of nitrogens with zero attached hydrogens (tertiary/aromatic N) is 2. The van der Waals surface area contributed by atoms with Crippen molar-refractivity contribution >= 4 is 28.3 Å². The van der Waals surface area contributed by atoms with Crippen molar-refractivity contribution in [1.82, 2.24) is 15.5 Å². The number of nitrogens with one attached hydrogen (secondary N) is 2. The van der Waals surface area contributed by atoms with Gasteiger partial charge >= 0.3 is 0 Å². The Bertz CT molecular complexity index is 1000. The minimum absolute atomic E-state index is 0.363. The maximum absolute atomic E-state index is 12.4. The van der Waals surface area contributed by atoms with Crippen LogP contribution in [0.15, 0.2) is 48.5 Å². The molecule has 0 bridgehead atoms. The number of amides is 2. The molecule has 28 heavy (non-hydrogen) atoms. The van der Waals surface area contributed by atoms with Gasteiger partial charge in [-0.05, 0) is 32.0 Å². The lowest BCUT2D eigenvalue weighted by atomic mass is 10.1. The molecule has 0 aliphatic rings. The third-order valence-electron chi connectivity index (χ3n) is 4.01. The number of aryl methyl sites for hydroxylation is 1. The Labute approximate surface area is 166 Å². The summed E-state index contributed by atoms with van der Waals surface area (Å²) in [5.41, 5.74) is 2.42. The number of anilines is 1. The number of methoxy groups -OCH3 is 1. The molecule has 0 aliphatic carbocycles. The van der Waals surface area contributed by atoms with Gasteiger partial charge in [0.25, 0.3) is 5.91 Å². The zero-order valence-electron chi connectivity index (χ0n) is 15.7. The van der Waals surface area contributed by atoms with Crippen LogP contribution in [0.3, 0.4) is 0 Å². The largest absolute Gasteiger partial charge is 0.496 e. The van der Waals surface area contributed by atoms with Crippen LogP contribution in [0.5, 0.6) is 5.75 Å². The van der Waals surface area contributed by atoms with Crippen LogP contribution < -0.4 is 15.4 Å². The molecule has 1 heterocycles. The number of benzene rings is 2. The summed E-state index contributed by atoms with van der Waals surface area (Å²) >= 11 is 1.27. The van der Waals surface area contributed by atoms with Gasteiger partial charge in [-0.1, -0.05) is 47.2 Å². The van der Waals surface area contributed by atoms with E-state index in [0.29, 0.717) is 21.5 Å². The Morgan fingerprint density at radius 1 is 1.11 bits per heavy atom. The van der Waals surface area contributed by atoms with Crippen LogP contribution in [0.1, 0.15) is 22.8 Å². The first kappa shape index (κ1) is 19.5. The number of carbonyl (C=O) groups is 2. The highest BCUT2D eigenvalue weighted by molar-refractivity contribution is 7.18. The quantitative estimate of drug-likeness (QED) is 0.667. The molecule has 2 aromatic carbocycles. The summed E-state index contributed by atoms with van der Waals surface area (Å²) < 4.78 is 5.18. The fourth-order valence-electron chi connectivity index (χ4n) is 2.55. The smallest absolute Gasteiger partial charge is 0.255 e. The van der Waals surface area contributed by atoms with Crippen molar-refractivity contribution in [2.24, 2.45) is 0 Å². The van der Waals surface area contributed by atoms with E-state index < -0.39 is 11.9 Å². The molecule has 0 radical (unpaired) electrons. The molecule has 0 saturated heterocycles. The van der Waals surface area contributed by atoms with Crippen LogP contribution in [0.2, 0.25) is 0 Å². The lowest BCUT2D eigenvalue weighted by Crippen LogP contribution is -2.41. The molecule has 7 nitrogen and oxygen atoms in total. The molecular weight excluding hydrogens is 376 g/mol. The number of hydrogen-bond acceptors (Lipinski definition) is 6. The van der Waals surface area contributed by atoms with Crippen molar-refractivity contribution in [3.8, 4) is 16.3 Å². The number of carbonyl (C=O) groups excluding carboxylic acids is 2. The number of hydrogen-bond donors (Lipinski definition) is 2. The molecule has 3 aromatic rings. The summed E-state index contributed by atoms with van der Waals surface area (Å²) in [6.45, 7) is 3.60. The zero-order valence-corrected chi connectivity index (χ0v) is 16.5. The van der Waals surface area contributed by atoms with Crippen molar-refractivity contribution in [3.05, 3.63) is 59.7 Å². The minimum Gasteiger partial charge on any atom is -0.496 e. The molecule has 0 fully saturated rings. The molecule has 0 aliphatic heterocycles. The monoisotopic (exact) mass is 396 g/mol. The standard InChI is InChI=1S/C20H20N4O3S/c1-12-7-6-8-14(11-12)19-23-24-20(28-19)22-17(25)13(2)21-18(26)15-9-4-5-10-16(15)27-3/h4-11,13H,1-3H3,(H,21,26)(H,22,24,25). The molecule has 2 N–H and O–H groups in total. The molecule has 1 aromatic heterocycles. The van der Waals surface area contributed by atoms with E-state index in [4.69, 9.17) is 4.74 Å². The highest BCUT2D eigenvalue weighted by Crippen LogP contribution is 2.26. The summed E-state index contributed by atoms with van der Waals surface area (Å²) in [7, 11) is 1.49. The first-order valence-corrected chi connectivity index (χ1v) is 9.45. The van der Waals surface area contributed by atoms with Crippen LogP contribution >= 0.6 is 11.3 Å². The molecule has 1 atom stereocenters. The summed E-state index contributed by atoms with van der Waals surface area (Å²) in [6, 6.07) is 14.0. The van der Waals surface area contributed by atoms with Gasteiger partial charge in [0.05, 0.1) is 12.7 Å². The van der Waals surface area contributed by atoms with Gasteiger partial charge in [0.15, 0.2) is 0 Å². The third kappa shape index (κ3) is 4.52. The van der Waals surface area contributed by atoms with Crippen molar-refractivity contribution < 1.29 is 14.3 Å². The molecule has 8 heteroatoms. The van der Waals surface area contributed by atoms with Gasteiger partial charge in [0, 0.05) is 5.56 Å². The van der Waals surface area contributed by atoms with Crippen LogP contribution in [0.25, 0.3) is 10.6 Å². The van der Waals surface area contributed by atoms with Crippen molar-refractivity contribution in [1.29, 1.82) is 0 Å². The van der Waals surface area contributed by atoms with Gasteiger partial charge in [0.2, 0.25) is 11.0 Å². The van der Waals surface area contributed by atoms with E-state index in [1.807, 2.05) is 31.2 Å². The first-order valence-electron chi connectivity index (χ1n) is 8.63. The molecule has 0 spiro atoms. The van der Waals surface area contributed by atoms with Crippen molar-refractivity contribution in [2.45, 2.75) is 19.9 Å². The number of ether oxygens (including phenoxy) is 1. The second-order valence-electron chi connectivity index (χ2n) is 6.17. The zero-order chi connectivity index (χ0) is 20.1. The van der Waals surface area contributed by atoms with Crippen molar-refractivity contribution in [2.75, 3.05) is 12.4 Å². The fraction of sp³-hybridized carbons (Fsp3) is 0.200. The number of para-hydroxylation sites is 1. The Morgan fingerprint density at radius 3 is 2.64 bits per heavy atom. The van der Waals surface area contributed by atoms with Gasteiger partial charge in [-0.15, -0.1) is 10.2 Å². The third-order valence-corrected chi connectivity index (χ3v) is 4.90. The van der Waals surface area contributed by atoms with Gasteiger partial charge < -0.3 is 10.1 Å². The highest BCUT2D eigenvalue weighted by atomic mass is 32.1. The van der Waals surface area contributed by atoms with Crippen molar-refractivity contribution in [3.63, 3.8) is 0 Å². The summed E-state index contributed by atoms with van der Waals surface area (Å²) in [5.74, 6) is -0.326. The summed E-state index contributed by atoms with van der Waals surface area (Å²) in [5, 5.41) is 14.6. The summed E-state index contributed by atoms with van der Waals surface area (Å²) in [4.78, 5) is 24.8. The molecule has 2 amide bonds. The summed E-state index contributed by atoms with van der Waals surface area (Å²) in [6.07, 6.45) is 0. The second-order valence-corrected chi connectivity index (χ2v) is 7.14. The van der Waals surface area contributed by atoms with Gasteiger partial charge in [0.1, 0.15) is 16.8 Å². The Hall–Kier alpha value is -3.26. The van der Waals surface area contributed by atoms with Gasteiger partial charge in [-0.25, -0.2) is 0 Å². The lowest BCUT2D eigenvalue weighted by Gasteiger charge is -2.14. The van der Waals surface area contributed by atoms with E-state index in [1.165, 1.54) is 18.4 Å². The van der Waals surface area contributed by atoms with E-state index in [9.17, 15) is 9.59 Å². The number of aromatic nitrogens is 2. The van der Waals surface area contributed by atoms with Gasteiger partial charge in [-0.3, -0.25) is 14.9 Å². The Balaban J connectivity index is 1.64. The predicted octanol–water partition coefficient (Wildman–Crippen LogP) is 3.28. The minimum atomic E-state index is -0.760. The van der Waals surface area contributed by atoms with E-state index in [1.54, 1.807) is 31.2 Å². The SMILES string of the molecule is COc1ccccc1C(=O)NC(C)C(=O)Nc1nnc(-c2cccc(C)c2)s1. The normalized spacial score (nSPS) is 11.5. The van der Waals surface area contributed by atoms with E-state index >= 15 is 0 Å². The Morgan fingerprint density at radius 2 is 1.89 bits per heavy atom. The van der Waals surface area contributed by atoms with Gasteiger partial charge in [-0.2, -0.15) is 0 Å². The Kier molecular flexibility index (Phi) is 6.00. The average Bonchev–Trinajstić information content (AvgIpc) is 3.16. The highest BCUT2D eigenvalue weighted by Gasteiger charge is 2.20. The van der Waals surface area contributed by atoms with E-state index in [-0.39, 0.29) is 5.91 Å². The van der Waals surface area contributed by atoms with Crippen LogP contribution in [-0.2, 0) is 4.79 Å². The van der Waals surface area contributed by atoms with Crippen LogP contribution in [0.4, 0.5) is 5.13 Å². The van der Waals surface area contributed by atoms with E-state index in [0.717, 1.165) is 11.1 Å². The molecular formula is C20H20N4O3S. The maximum atomic E-state index is 12.4. The maximum Gasteiger partial charge on any atom is 0.255 e. The molecule has 3 rings (SSSR count).